The molecule has 1 saturated carbocycles. The van der Waals surface area contributed by atoms with Crippen molar-refractivity contribution in [3.05, 3.63) is 0 Å². The molecule has 1 aliphatic rings. The van der Waals surface area contributed by atoms with E-state index in [0.29, 0.717) is 11.4 Å². The monoisotopic (exact) mass is 374 g/mol. The SMILES string of the molecule is COC(=O)C1C/C(=N\NC(N)=S)C(C(=O)OC)C/C1=N/NC(N)=S. The van der Waals surface area contributed by atoms with Crippen molar-refractivity contribution in [3.63, 3.8) is 0 Å². The standard InChI is InChI=1S/C12H18N6O4S2/c1-21-9(19)5-3-8(16-18-12(14)24)6(10(20)22-2)4-7(5)15-17-11(13)23/h5-6H,3-4H2,1-2H3,(H3,13,17,23)(H3,14,18,24)/b15-7-,16-8+. The molecule has 6 N–H and O–H groups in total. The lowest BCUT2D eigenvalue weighted by atomic mass is 9.79. The van der Waals surface area contributed by atoms with Crippen LogP contribution in [0.1, 0.15) is 12.8 Å². The molecule has 0 radical (unpaired) electrons. The maximum Gasteiger partial charge on any atom is 0.314 e. The zero-order chi connectivity index (χ0) is 18.3. The van der Waals surface area contributed by atoms with E-state index in [0.717, 1.165) is 0 Å². The van der Waals surface area contributed by atoms with E-state index in [9.17, 15) is 9.59 Å². The van der Waals surface area contributed by atoms with Gasteiger partial charge in [0.15, 0.2) is 10.2 Å². The van der Waals surface area contributed by atoms with Crippen molar-refractivity contribution in [1.29, 1.82) is 0 Å². The number of hydrogen-bond acceptors (Lipinski definition) is 8. The van der Waals surface area contributed by atoms with Gasteiger partial charge in [0.05, 0.1) is 25.6 Å². The summed E-state index contributed by atoms with van der Waals surface area (Å²) < 4.78 is 9.54. The first kappa shape index (κ1) is 19.7. The Bertz CT molecular complexity index is 554. The van der Waals surface area contributed by atoms with Gasteiger partial charge in [0, 0.05) is 12.8 Å². The fraction of sp³-hybridized carbons (Fsp3) is 0.500. The van der Waals surface area contributed by atoms with Crippen molar-refractivity contribution in [2.75, 3.05) is 14.2 Å². The minimum Gasteiger partial charge on any atom is -0.469 e. The molecule has 10 nitrogen and oxygen atoms in total. The van der Waals surface area contributed by atoms with Crippen LogP contribution in [0.2, 0.25) is 0 Å². The molecule has 0 spiro atoms. The molecule has 0 aliphatic heterocycles. The number of hydrogen-bond donors (Lipinski definition) is 4. The average Bonchev–Trinajstić information content (AvgIpc) is 2.56. The highest BCUT2D eigenvalue weighted by atomic mass is 32.1. The molecule has 0 aromatic heterocycles. The predicted molar refractivity (Wildman–Crippen MR) is 95.0 cm³/mol. The van der Waals surface area contributed by atoms with Crippen molar-refractivity contribution in [2.45, 2.75) is 12.8 Å². The van der Waals surface area contributed by atoms with Crippen LogP contribution in [0.25, 0.3) is 0 Å². The Morgan fingerprint density at radius 2 is 1.29 bits per heavy atom. The van der Waals surface area contributed by atoms with Crippen molar-refractivity contribution in [3.8, 4) is 0 Å². The summed E-state index contributed by atoms with van der Waals surface area (Å²) in [6.07, 6.45) is 0.139. The lowest BCUT2D eigenvalue weighted by Gasteiger charge is -2.28. The summed E-state index contributed by atoms with van der Waals surface area (Å²) >= 11 is 9.37. The third-order valence-electron chi connectivity index (χ3n) is 3.22. The van der Waals surface area contributed by atoms with Gasteiger partial charge in [0.1, 0.15) is 11.8 Å². The number of thiocarbonyl (C=S) groups is 2. The van der Waals surface area contributed by atoms with Gasteiger partial charge >= 0.3 is 11.9 Å². The van der Waals surface area contributed by atoms with Crippen molar-refractivity contribution < 1.29 is 19.1 Å². The number of ether oxygens (including phenoxy) is 2. The number of hydrazone groups is 2. The molecule has 0 aromatic carbocycles. The number of methoxy groups -OCH3 is 2. The fourth-order valence-corrected chi connectivity index (χ4v) is 2.25. The van der Waals surface area contributed by atoms with E-state index < -0.39 is 23.8 Å². The first-order valence-corrected chi connectivity index (χ1v) is 7.51. The summed E-state index contributed by atoms with van der Waals surface area (Å²) in [5, 5.41) is 7.84. The topological polar surface area (TPSA) is 153 Å². The van der Waals surface area contributed by atoms with Crippen molar-refractivity contribution in [1.82, 2.24) is 10.9 Å². The minimum atomic E-state index is -0.760. The second-order valence-corrected chi connectivity index (χ2v) is 5.60. The minimum absolute atomic E-state index is 0.0693. The highest BCUT2D eigenvalue weighted by Crippen LogP contribution is 2.27. The second kappa shape index (κ2) is 9.08. The molecule has 0 heterocycles. The van der Waals surface area contributed by atoms with E-state index in [-0.39, 0.29) is 23.1 Å². The van der Waals surface area contributed by atoms with Crippen LogP contribution in [0.3, 0.4) is 0 Å². The van der Waals surface area contributed by atoms with E-state index in [1.807, 2.05) is 0 Å². The summed E-state index contributed by atoms with van der Waals surface area (Å²) in [5.74, 6) is -2.59. The fourth-order valence-electron chi connectivity index (χ4n) is 2.16. The smallest absolute Gasteiger partial charge is 0.314 e. The van der Waals surface area contributed by atoms with Gasteiger partial charge < -0.3 is 20.9 Å². The third-order valence-corrected chi connectivity index (χ3v) is 3.40. The van der Waals surface area contributed by atoms with Crippen LogP contribution in [-0.2, 0) is 19.1 Å². The predicted octanol–water partition coefficient (Wildman–Crippen LogP) is -1.26. The first-order chi connectivity index (χ1) is 11.3. The second-order valence-electron chi connectivity index (χ2n) is 4.72. The molecule has 0 bridgehead atoms. The van der Waals surface area contributed by atoms with Crippen LogP contribution in [-0.4, -0.2) is 47.8 Å². The Morgan fingerprint density at radius 1 is 0.958 bits per heavy atom. The zero-order valence-corrected chi connectivity index (χ0v) is 14.7. The molecule has 1 aliphatic carbocycles. The Morgan fingerprint density at radius 3 is 1.54 bits per heavy atom. The molecule has 132 valence electrons. The molecule has 2 unspecified atom stereocenters. The highest BCUT2D eigenvalue weighted by Gasteiger charge is 2.40. The van der Waals surface area contributed by atoms with Crippen LogP contribution < -0.4 is 22.3 Å². The molecular formula is C12H18N6O4S2. The normalized spacial score (nSPS) is 23.4. The van der Waals surface area contributed by atoms with E-state index in [4.69, 9.17) is 20.9 Å². The van der Waals surface area contributed by atoms with Gasteiger partial charge in [0.2, 0.25) is 0 Å². The van der Waals surface area contributed by atoms with Gasteiger partial charge in [-0.15, -0.1) is 0 Å². The van der Waals surface area contributed by atoms with Crippen LogP contribution >= 0.6 is 24.4 Å². The average molecular weight is 374 g/mol. The maximum atomic E-state index is 12.0. The summed E-state index contributed by atoms with van der Waals surface area (Å²) in [7, 11) is 2.49. The van der Waals surface area contributed by atoms with Crippen molar-refractivity contribution >= 4 is 58.0 Å². The van der Waals surface area contributed by atoms with Gasteiger partial charge in [-0.3, -0.25) is 20.4 Å². The molecule has 0 aromatic rings. The quantitative estimate of drug-likeness (QED) is 0.266. The number of rotatable bonds is 4. The molecular weight excluding hydrogens is 356 g/mol. The number of nitrogens with two attached hydrogens (primary N) is 2. The first-order valence-electron chi connectivity index (χ1n) is 6.69. The molecule has 0 saturated heterocycles. The molecule has 24 heavy (non-hydrogen) atoms. The number of carbonyl (C=O) groups excluding carboxylic acids is 2. The third kappa shape index (κ3) is 5.38. The number of carbonyl (C=O) groups is 2. The van der Waals surface area contributed by atoms with E-state index in [1.54, 1.807) is 0 Å². The zero-order valence-electron chi connectivity index (χ0n) is 13.1. The van der Waals surface area contributed by atoms with E-state index in [2.05, 4.69) is 45.5 Å². The van der Waals surface area contributed by atoms with Gasteiger partial charge in [-0.1, -0.05) is 0 Å². The van der Waals surface area contributed by atoms with E-state index >= 15 is 0 Å². The Kier molecular flexibility index (Phi) is 7.45. The van der Waals surface area contributed by atoms with Gasteiger partial charge in [0.25, 0.3) is 0 Å². The van der Waals surface area contributed by atoms with Crippen LogP contribution in [0, 0.1) is 11.8 Å². The molecule has 1 fully saturated rings. The highest BCUT2D eigenvalue weighted by molar-refractivity contribution is 7.80. The van der Waals surface area contributed by atoms with Crippen molar-refractivity contribution in [2.24, 2.45) is 33.5 Å². The largest absolute Gasteiger partial charge is 0.469 e. The molecule has 1 rings (SSSR count). The summed E-state index contributed by atoms with van der Waals surface area (Å²) in [5.41, 5.74) is 16.2. The maximum absolute atomic E-state index is 12.0. The Balaban J connectivity index is 3.19. The van der Waals surface area contributed by atoms with Crippen LogP contribution in [0.4, 0.5) is 0 Å². The van der Waals surface area contributed by atoms with Gasteiger partial charge in [-0.25, -0.2) is 0 Å². The van der Waals surface area contributed by atoms with E-state index in [1.165, 1.54) is 14.2 Å². The lowest BCUT2D eigenvalue weighted by molar-refractivity contribution is -0.145. The summed E-state index contributed by atoms with van der Waals surface area (Å²) in [6.45, 7) is 0. The summed E-state index contributed by atoms with van der Waals surface area (Å²) in [6, 6.07) is 0. The molecule has 2 atom stereocenters. The van der Waals surface area contributed by atoms with Gasteiger partial charge in [-0.2, -0.15) is 10.2 Å². The number of esters is 2. The van der Waals surface area contributed by atoms with Crippen LogP contribution in [0.5, 0.6) is 0 Å². The number of nitrogens with one attached hydrogen (secondary N) is 2. The molecule has 12 heteroatoms. The van der Waals surface area contributed by atoms with Gasteiger partial charge in [-0.05, 0) is 24.4 Å². The lowest BCUT2D eigenvalue weighted by Crippen LogP contribution is -2.43. The molecule has 0 amide bonds. The Labute approximate surface area is 149 Å². The number of nitrogens with zero attached hydrogens (tertiary/aromatic N) is 2. The van der Waals surface area contributed by atoms with Crippen LogP contribution in [0.15, 0.2) is 10.2 Å². The Hall–Kier alpha value is -2.34. The summed E-state index contributed by atoms with van der Waals surface area (Å²) in [4.78, 5) is 24.0.